The van der Waals surface area contributed by atoms with Gasteiger partial charge in [-0.2, -0.15) is 4.52 Å². The van der Waals surface area contributed by atoms with Crippen molar-refractivity contribution in [3.63, 3.8) is 0 Å². The third kappa shape index (κ3) is 3.24. The summed E-state index contributed by atoms with van der Waals surface area (Å²) in [6, 6.07) is 7.83. The molecule has 0 amide bonds. The number of rotatable bonds is 2. The van der Waals surface area contributed by atoms with Gasteiger partial charge in [0.05, 0.1) is 5.56 Å². The lowest BCUT2D eigenvalue weighted by molar-refractivity contribution is -0.274. The molecule has 0 radical (unpaired) electrons. The maximum Gasteiger partial charge on any atom is 0.573 e. The first kappa shape index (κ1) is 17.7. The van der Waals surface area contributed by atoms with Crippen LogP contribution in [0.1, 0.15) is 0 Å². The molecule has 138 valence electrons. The Morgan fingerprint density at radius 3 is 2.56 bits per heavy atom. The molecule has 0 spiro atoms. The van der Waals surface area contributed by atoms with E-state index in [4.69, 9.17) is 23.2 Å². The molecule has 0 fully saturated rings. The second-order valence-electron chi connectivity index (χ2n) is 5.38. The summed E-state index contributed by atoms with van der Waals surface area (Å²) in [4.78, 5) is 8.13. The summed E-state index contributed by atoms with van der Waals surface area (Å²) in [6.07, 6.45) is -4.94. The number of alkyl halides is 3. The topological polar surface area (TPSA) is 52.3 Å². The number of hydrogen-bond acceptors (Lipinski definition) is 4. The van der Waals surface area contributed by atoms with Gasteiger partial charge < -0.3 is 4.74 Å². The highest BCUT2D eigenvalue weighted by Crippen LogP contribution is 2.35. The fourth-order valence-electron chi connectivity index (χ4n) is 2.57. The molecule has 0 saturated heterocycles. The van der Waals surface area contributed by atoms with Crippen LogP contribution < -0.4 is 4.74 Å². The molecule has 2 aromatic carbocycles. The van der Waals surface area contributed by atoms with Gasteiger partial charge in [0.2, 0.25) is 5.28 Å². The molecule has 2 heterocycles. The minimum atomic E-state index is -4.94. The van der Waals surface area contributed by atoms with E-state index < -0.39 is 17.9 Å². The minimum Gasteiger partial charge on any atom is -0.405 e. The van der Waals surface area contributed by atoms with Gasteiger partial charge in [-0.05, 0) is 41.9 Å². The summed E-state index contributed by atoms with van der Waals surface area (Å²) < 4.78 is 57.2. The van der Waals surface area contributed by atoms with Gasteiger partial charge in [-0.15, -0.1) is 18.3 Å². The van der Waals surface area contributed by atoms with Crippen LogP contribution in [-0.2, 0) is 0 Å². The van der Waals surface area contributed by atoms with Crippen LogP contribution in [-0.4, -0.2) is 25.9 Å². The van der Waals surface area contributed by atoms with Gasteiger partial charge in [-0.1, -0.05) is 17.7 Å². The van der Waals surface area contributed by atoms with E-state index in [1.807, 2.05) is 0 Å². The van der Waals surface area contributed by atoms with Crippen molar-refractivity contribution in [3.8, 4) is 17.1 Å². The maximum atomic E-state index is 14.0. The number of hydrogen-bond donors (Lipinski definition) is 0. The zero-order valence-electron chi connectivity index (χ0n) is 12.9. The molecule has 0 bridgehead atoms. The SMILES string of the molecule is Fc1cccc2c1nc(Cl)n1nc(-c3ccc(Cl)cc3OC(F)(F)F)nc21. The number of fused-ring (bicyclic) bond motifs is 3. The Labute approximate surface area is 158 Å². The summed E-state index contributed by atoms with van der Waals surface area (Å²) in [6.45, 7) is 0. The zero-order valence-corrected chi connectivity index (χ0v) is 14.4. The summed E-state index contributed by atoms with van der Waals surface area (Å²) in [5.74, 6) is -1.31. The Morgan fingerprint density at radius 1 is 1.04 bits per heavy atom. The molecule has 0 saturated carbocycles. The van der Waals surface area contributed by atoms with Gasteiger partial charge in [0, 0.05) is 10.4 Å². The molecule has 27 heavy (non-hydrogen) atoms. The summed E-state index contributed by atoms with van der Waals surface area (Å²) >= 11 is 11.8. The number of para-hydroxylation sites is 1. The smallest absolute Gasteiger partial charge is 0.405 e. The van der Waals surface area contributed by atoms with E-state index in [2.05, 4.69) is 19.8 Å². The van der Waals surface area contributed by atoms with Crippen molar-refractivity contribution in [2.75, 3.05) is 0 Å². The van der Waals surface area contributed by atoms with Crippen LogP contribution in [0.4, 0.5) is 17.6 Å². The first-order chi connectivity index (χ1) is 12.7. The number of halogens is 6. The fraction of sp³-hybridized carbons (Fsp3) is 0.0625. The fourth-order valence-corrected chi connectivity index (χ4v) is 2.93. The van der Waals surface area contributed by atoms with Gasteiger partial charge >= 0.3 is 6.36 Å². The quantitative estimate of drug-likeness (QED) is 0.329. The molecular weight excluding hydrogens is 411 g/mol. The predicted octanol–water partition coefficient (Wildman–Crippen LogP) is 5.29. The van der Waals surface area contributed by atoms with E-state index in [9.17, 15) is 17.6 Å². The Kier molecular flexibility index (Phi) is 4.08. The van der Waals surface area contributed by atoms with Crippen LogP contribution in [0.5, 0.6) is 5.75 Å². The summed E-state index contributed by atoms with van der Waals surface area (Å²) in [5.41, 5.74) is 0.0327. The van der Waals surface area contributed by atoms with Crippen molar-refractivity contribution >= 4 is 39.8 Å². The van der Waals surface area contributed by atoms with E-state index in [-0.39, 0.29) is 32.9 Å². The third-order valence-electron chi connectivity index (χ3n) is 3.62. The molecular formula is C16H6Cl2F4N4O. The first-order valence-electron chi connectivity index (χ1n) is 7.29. The van der Waals surface area contributed by atoms with Crippen molar-refractivity contribution in [3.05, 3.63) is 52.5 Å². The van der Waals surface area contributed by atoms with E-state index in [1.165, 1.54) is 24.3 Å². The minimum absolute atomic E-state index is 0.0307. The van der Waals surface area contributed by atoms with Crippen molar-refractivity contribution in [2.45, 2.75) is 6.36 Å². The highest BCUT2D eigenvalue weighted by molar-refractivity contribution is 6.30. The predicted molar refractivity (Wildman–Crippen MR) is 90.4 cm³/mol. The largest absolute Gasteiger partial charge is 0.573 e. The lowest BCUT2D eigenvalue weighted by atomic mass is 10.2. The van der Waals surface area contributed by atoms with Gasteiger partial charge in [-0.3, -0.25) is 0 Å². The molecule has 5 nitrogen and oxygen atoms in total. The van der Waals surface area contributed by atoms with E-state index in [1.54, 1.807) is 6.07 Å². The second kappa shape index (κ2) is 6.21. The normalized spacial score (nSPS) is 12.1. The Hall–Kier alpha value is -2.65. The van der Waals surface area contributed by atoms with E-state index in [0.29, 0.717) is 5.39 Å². The molecule has 0 aliphatic heterocycles. The number of aromatic nitrogens is 4. The number of benzene rings is 2. The average Bonchev–Trinajstić information content (AvgIpc) is 3.00. The molecule has 0 N–H and O–H groups in total. The van der Waals surface area contributed by atoms with E-state index in [0.717, 1.165) is 10.6 Å². The molecule has 4 rings (SSSR count). The third-order valence-corrected chi connectivity index (χ3v) is 4.10. The molecule has 4 aromatic rings. The monoisotopic (exact) mass is 416 g/mol. The van der Waals surface area contributed by atoms with Crippen LogP contribution in [0, 0.1) is 5.82 Å². The van der Waals surface area contributed by atoms with Gasteiger partial charge in [0.15, 0.2) is 11.5 Å². The van der Waals surface area contributed by atoms with Crippen LogP contribution in [0.25, 0.3) is 27.9 Å². The maximum absolute atomic E-state index is 14.0. The van der Waals surface area contributed by atoms with Crippen LogP contribution in [0.15, 0.2) is 36.4 Å². The average molecular weight is 417 g/mol. The Balaban J connectivity index is 1.97. The Bertz CT molecular complexity index is 1190. The van der Waals surface area contributed by atoms with Crippen molar-refractivity contribution in [1.82, 2.24) is 19.6 Å². The van der Waals surface area contributed by atoms with Crippen LogP contribution in [0.2, 0.25) is 10.3 Å². The lowest BCUT2D eigenvalue weighted by Crippen LogP contribution is -2.17. The standard InChI is InChI=1S/C16H6Cl2F4N4O/c17-7-4-5-8(11(6-7)27-16(20,21)22)13-24-14-9-2-1-3-10(19)12(9)23-15(18)26(14)25-13/h1-6H. The highest BCUT2D eigenvalue weighted by atomic mass is 35.5. The van der Waals surface area contributed by atoms with Crippen molar-refractivity contribution < 1.29 is 22.3 Å². The molecule has 0 aliphatic rings. The van der Waals surface area contributed by atoms with Gasteiger partial charge in [0.1, 0.15) is 17.1 Å². The molecule has 11 heteroatoms. The number of nitrogens with zero attached hydrogens (tertiary/aromatic N) is 4. The van der Waals surface area contributed by atoms with Gasteiger partial charge in [0.25, 0.3) is 0 Å². The Morgan fingerprint density at radius 2 is 1.81 bits per heavy atom. The molecule has 2 aromatic heterocycles. The zero-order chi connectivity index (χ0) is 19.3. The molecule has 0 atom stereocenters. The van der Waals surface area contributed by atoms with Crippen LogP contribution >= 0.6 is 23.2 Å². The lowest BCUT2D eigenvalue weighted by Gasteiger charge is -2.11. The summed E-state index contributed by atoms with van der Waals surface area (Å²) in [5, 5.41) is 4.21. The second-order valence-corrected chi connectivity index (χ2v) is 6.15. The number of ether oxygens (including phenoxy) is 1. The van der Waals surface area contributed by atoms with Crippen LogP contribution in [0.3, 0.4) is 0 Å². The first-order valence-corrected chi connectivity index (χ1v) is 8.05. The van der Waals surface area contributed by atoms with E-state index >= 15 is 0 Å². The van der Waals surface area contributed by atoms with Crippen molar-refractivity contribution in [1.29, 1.82) is 0 Å². The molecule has 0 unspecified atom stereocenters. The molecule has 0 aliphatic carbocycles. The van der Waals surface area contributed by atoms with Gasteiger partial charge in [-0.25, -0.2) is 14.4 Å². The highest BCUT2D eigenvalue weighted by Gasteiger charge is 2.33. The summed E-state index contributed by atoms with van der Waals surface area (Å²) in [7, 11) is 0. The van der Waals surface area contributed by atoms with Crippen molar-refractivity contribution in [2.24, 2.45) is 0 Å².